The predicted octanol–water partition coefficient (Wildman–Crippen LogP) is 4.04. The minimum absolute atomic E-state index is 0.399. The third-order valence-corrected chi connectivity index (χ3v) is 4.99. The van der Waals surface area contributed by atoms with Crippen LogP contribution < -0.4 is 5.32 Å². The molecule has 20 heavy (non-hydrogen) atoms. The van der Waals surface area contributed by atoms with Gasteiger partial charge in [0.05, 0.1) is 11.7 Å². The molecule has 1 aromatic rings. The molecule has 0 spiro atoms. The van der Waals surface area contributed by atoms with E-state index in [2.05, 4.69) is 37.7 Å². The van der Waals surface area contributed by atoms with Crippen LogP contribution in [0.1, 0.15) is 82.4 Å². The first-order valence-corrected chi connectivity index (χ1v) is 8.39. The highest BCUT2D eigenvalue weighted by Gasteiger charge is 2.26. The molecule has 0 aromatic carbocycles. The lowest BCUT2D eigenvalue weighted by molar-refractivity contribution is 0.268. The summed E-state index contributed by atoms with van der Waals surface area (Å²) in [6.07, 6.45) is 7.42. The standard InChI is InChI=1S/C17H31N3/c1-6-15-17(13(4)18-5)16(7-2)20(19-15)14-10-8-12(3)9-11-14/h12-14,18H,6-11H2,1-5H3. The van der Waals surface area contributed by atoms with Crippen LogP contribution in [0.3, 0.4) is 0 Å². The summed E-state index contributed by atoms with van der Waals surface area (Å²) in [5.41, 5.74) is 4.21. The average Bonchev–Trinajstić information content (AvgIpc) is 2.85. The van der Waals surface area contributed by atoms with Crippen LogP contribution in [0.5, 0.6) is 0 Å². The fraction of sp³-hybridized carbons (Fsp3) is 0.824. The molecule has 0 radical (unpaired) electrons. The molecule has 1 heterocycles. The van der Waals surface area contributed by atoms with Gasteiger partial charge in [-0.15, -0.1) is 0 Å². The number of rotatable bonds is 5. The summed E-state index contributed by atoms with van der Waals surface area (Å²) in [4.78, 5) is 0. The van der Waals surface area contributed by atoms with Gasteiger partial charge < -0.3 is 5.32 Å². The largest absolute Gasteiger partial charge is 0.313 e. The van der Waals surface area contributed by atoms with E-state index in [1.54, 1.807) is 0 Å². The molecule has 1 atom stereocenters. The van der Waals surface area contributed by atoms with E-state index in [1.165, 1.54) is 42.6 Å². The van der Waals surface area contributed by atoms with Crippen LogP contribution in [-0.2, 0) is 12.8 Å². The zero-order chi connectivity index (χ0) is 14.7. The smallest absolute Gasteiger partial charge is 0.0672 e. The van der Waals surface area contributed by atoms with Gasteiger partial charge in [0.25, 0.3) is 0 Å². The third-order valence-electron chi connectivity index (χ3n) is 4.99. The van der Waals surface area contributed by atoms with Gasteiger partial charge in [-0.2, -0.15) is 5.10 Å². The Morgan fingerprint density at radius 2 is 1.85 bits per heavy atom. The molecule has 1 N–H and O–H groups in total. The molecule has 3 heteroatoms. The average molecular weight is 277 g/mol. The SMILES string of the molecule is CCc1nn(C2CCC(C)CC2)c(CC)c1C(C)NC. The van der Waals surface area contributed by atoms with E-state index in [4.69, 9.17) is 5.10 Å². The summed E-state index contributed by atoms with van der Waals surface area (Å²) in [5.74, 6) is 0.897. The lowest BCUT2D eigenvalue weighted by atomic mass is 9.87. The van der Waals surface area contributed by atoms with Crippen molar-refractivity contribution in [1.29, 1.82) is 0 Å². The van der Waals surface area contributed by atoms with E-state index in [9.17, 15) is 0 Å². The zero-order valence-electron chi connectivity index (χ0n) is 13.9. The van der Waals surface area contributed by atoms with Gasteiger partial charge in [0, 0.05) is 17.3 Å². The van der Waals surface area contributed by atoms with Gasteiger partial charge in [-0.25, -0.2) is 0 Å². The maximum absolute atomic E-state index is 4.99. The van der Waals surface area contributed by atoms with Gasteiger partial charge in [0.1, 0.15) is 0 Å². The molecule has 1 unspecified atom stereocenters. The Balaban J connectivity index is 2.35. The van der Waals surface area contributed by atoms with Crippen molar-refractivity contribution in [3.05, 3.63) is 17.0 Å². The van der Waals surface area contributed by atoms with E-state index >= 15 is 0 Å². The molecule has 0 bridgehead atoms. The summed E-state index contributed by atoms with van der Waals surface area (Å²) in [6, 6.07) is 1.03. The van der Waals surface area contributed by atoms with Gasteiger partial charge >= 0.3 is 0 Å². The van der Waals surface area contributed by atoms with Crippen LogP contribution in [0, 0.1) is 5.92 Å². The summed E-state index contributed by atoms with van der Waals surface area (Å²) in [6.45, 7) is 9.12. The Morgan fingerprint density at radius 1 is 1.20 bits per heavy atom. The number of hydrogen-bond acceptors (Lipinski definition) is 2. The minimum Gasteiger partial charge on any atom is -0.313 e. The first kappa shape index (κ1) is 15.6. The molecule has 0 saturated heterocycles. The van der Waals surface area contributed by atoms with Crippen molar-refractivity contribution in [3.8, 4) is 0 Å². The Kier molecular flexibility index (Phi) is 5.25. The van der Waals surface area contributed by atoms with E-state index in [-0.39, 0.29) is 0 Å². The molecule has 114 valence electrons. The van der Waals surface area contributed by atoms with Crippen molar-refractivity contribution in [1.82, 2.24) is 15.1 Å². The monoisotopic (exact) mass is 277 g/mol. The Hall–Kier alpha value is -0.830. The first-order valence-electron chi connectivity index (χ1n) is 8.39. The van der Waals surface area contributed by atoms with Gasteiger partial charge in [-0.1, -0.05) is 20.8 Å². The molecule has 2 rings (SSSR count). The van der Waals surface area contributed by atoms with Gasteiger partial charge in [-0.3, -0.25) is 4.68 Å². The lowest BCUT2D eigenvalue weighted by Crippen LogP contribution is -2.20. The van der Waals surface area contributed by atoms with Crippen LogP contribution in [0.4, 0.5) is 0 Å². The number of nitrogens with one attached hydrogen (secondary N) is 1. The Morgan fingerprint density at radius 3 is 2.35 bits per heavy atom. The molecule has 1 aliphatic rings. The highest BCUT2D eigenvalue weighted by molar-refractivity contribution is 5.30. The second-order valence-corrected chi connectivity index (χ2v) is 6.38. The van der Waals surface area contributed by atoms with Crippen molar-refractivity contribution in [2.75, 3.05) is 7.05 Å². The summed E-state index contributed by atoms with van der Waals surface area (Å²) in [5, 5.41) is 8.39. The van der Waals surface area contributed by atoms with Crippen molar-refractivity contribution in [3.63, 3.8) is 0 Å². The topological polar surface area (TPSA) is 29.9 Å². The van der Waals surface area contributed by atoms with Gasteiger partial charge in [-0.05, 0) is 58.4 Å². The molecule has 1 saturated carbocycles. The fourth-order valence-corrected chi connectivity index (χ4v) is 3.58. The van der Waals surface area contributed by atoms with Gasteiger partial charge in [0.15, 0.2) is 0 Å². The van der Waals surface area contributed by atoms with E-state index in [1.807, 2.05) is 7.05 Å². The lowest BCUT2D eigenvalue weighted by Gasteiger charge is -2.28. The molecular weight excluding hydrogens is 246 g/mol. The quantitative estimate of drug-likeness (QED) is 0.880. The maximum atomic E-state index is 4.99. The number of hydrogen-bond donors (Lipinski definition) is 1. The molecule has 0 amide bonds. The van der Waals surface area contributed by atoms with Crippen LogP contribution in [0.2, 0.25) is 0 Å². The zero-order valence-corrected chi connectivity index (χ0v) is 13.9. The van der Waals surface area contributed by atoms with Crippen LogP contribution in [-0.4, -0.2) is 16.8 Å². The van der Waals surface area contributed by atoms with Crippen molar-refractivity contribution >= 4 is 0 Å². The summed E-state index contributed by atoms with van der Waals surface area (Å²) < 4.78 is 2.38. The Labute approximate surface area is 124 Å². The minimum atomic E-state index is 0.399. The highest BCUT2D eigenvalue weighted by atomic mass is 15.3. The fourth-order valence-electron chi connectivity index (χ4n) is 3.58. The molecule has 1 aromatic heterocycles. The van der Waals surface area contributed by atoms with E-state index in [0.29, 0.717) is 12.1 Å². The molecule has 3 nitrogen and oxygen atoms in total. The first-order chi connectivity index (χ1) is 9.62. The maximum Gasteiger partial charge on any atom is 0.0672 e. The van der Waals surface area contributed by atoms with Crippen LogP contribution >= 0.6 is 0 Å². The van der Waals surface area contributed by atoms with Crippen molar-refractivity contribution in [2.45, 2.75) is 78.3 Å². The van der Waals surface area contributed by atoms with E-state index in [0.717, 1.165) is 18.8 Å². The predicted molar refractivity (Wildman–Crippen MR) is 85.1 cm³/mol. The Bertz CT molecular complexity index is 428. The number of aryl methyl sites for hydroxylation is 1. The molecule has 1 aliphatic carbocycles. The third kappa shape index (κ3) is 2.93. The van der Waals surface area contributed by atoms with Crippen LogP contribution in [0.15, 0.2) is 0 Å². The van der Waals surface area contributed by atoms with Crippen molar-refractivity contribution < 1.29 is 0 Å². The summed E-state index contributed by atoms with van der Waals surface area (Å²) in [7, 11) is 2.04. The second kappa shape index (κ2) is 6.75. The second-order valence-electron chi connectivity index (χ2n) is 6.38. The number of aromatic nitrogens is 2. The molecule has 1 fully saturated rings. The number of nitrogens with zero attached hydrogens (tertiary/aromatic N) is 2. The highest BCUT2D eigenvalue weighted by Crippen LogP contribution is 2.35. The van der Waals surface area contributed by atoms with Crippen LogP contribution in [0.25, 0.3) is 0 Å². The van der Waals surface area contributed by atoms with Crippen molar-refractivity contribution in [2.24, 2.45) is 5.92 Å². The van der Waals surface area contributed by atoms with Gasteiger partial charge in [0.2, 0.25) is 0 Å². The molecular formula is C17H31N3. The normalized spacial score (nSPS) is 24.9. The molecule has 0 aliphatic heterocycles. The van der Waals surface area contributed by atoms with E-state index < -0.39 is 0 Å². The summed E-state index contributed by atoms with van der Waals surface area (Å²) >= 11 is 0.